The molecule has 0 aliphatic heterocycles. The summed E-state index contributed by atoms with van der Waals surface area (Å²) in [6.45, 7) is 0. The first-order chi connectivity index (χ1) is 8.21. The van der Waals surface area contributed by atoms with E-state index in [9.17, 15) is 4.79 Å². The van der Waals surface area contributed by atoms with Crippen LogP contribution in [-0.2, 0) is 0 Å². The minimum atomic E-state index is -0.192. The number of urea groups is 1. The summed E-state index contributed by atoms with van der Waals surface area (Å²) in [6.07, 6.45) is 2.13. The Morgan fingerprint density at radius 2 is 1.76 bits per heavy atom. The van der Waals surface area contributed by atoms with Crippen molar-refractivity contribution in [2.45, 2.75) is 18.9 Å². The lowest BCUT2D eigenvalue weighted by Crippen LogP contribution is -2.30. The van der Waals surface area contributed by atoms with E-state index in [1.54, 1.807) is 32.4 Å². The topological polar surface area (TPSA) is 59.6 Å². The van der Waals surface area contributed by atoms with Crippen LogP contribution in [-0.4, -0.2) is 26.3 Å². The molecule has 5 nitrogen and oxygen atoms in total. The van der Waals surface area contributed by atoms with Crippen molar-refractivity contribution in [2.24, 2.45) is 0 Å². The quantitative estimate of drug-likeness (QED) is 0.840. The van der Waals surface area contributed by atoms with Crippen LogP contribution in [0.15, 0.2) is 18.2 Å². The van der Waals surface area contributed by atoms with Crippen LogP contribution in [0.3, 0.4) is 0 Å². The third-order valence-electron chi connectivity index (χ3n) is 2.52. The molecule has 1 aliphatic rings. The number of anilines is 1. The van der Waals surface area contributed by atoms with Gasteiger partial charge in [0.05, 0.1) is 14.2 Å². The molecule has 1 aromatic carbocycles. The number of hydrogen-bond donors (Lipinski definition) is 2. The van der Waals surface area contributed by atoms with E-state index in [0.29, 0.717) is 23.2 Å². The summed E-state index contributed by atoms with van der Waals surface area (Å²) in [6, 6.07) is 5.39. The Labute approximate surface area is 100 Å². The number of amides is 2. The Bertz CT molecular complexity index is 394. The first-order valence-electron chi connectivity index (χ1n) is 5.52. The van der Waals surface area contributed by atoms with Gasteiger partial charge in [0, 0.05) is 29.9 Å². The van der Waals surface area contributed by atoms with Crippen molar-refractivity contribution >= 4 is 11.7 Å². The van der Waals surface area contributed by atoms with Gasteiger partial charge in [-0.1, -0.05) is 0 Å². The molecule has 0 aromatic heterocycles. The van der Waals surface area contributed by atoms with E-state index >= 15 is 0 Å². The van der Waals surface area contributed by atoms with Gasteiger partial charge < -0.3 is 20.1 Å². The minimum Gasteiger partial charge on any atom is -0.497 e. The predicted octanol–water partition coefficient (Wildman–Crippen LogP) is 1.99. The van der Waals surface area contributed by atoms with Gasteiger partial charge in [-0.05, 0) is 12.8 Å². The summed E-state index contributed by atoms with van der Waals surface area (Å²) in [4.78, 5) is 11.6. The van der Waals surface area contributed by atoms with Crippen LogP contribution in [0.4, 0.5) is 10.5 Å². The number of ether oxygens (including phenoxy) is 2. The zero-order valence-corrected chi connectivity index (χ0v) is 9.95. The van der Waals surface area contributed by atoms with Gasteiger partial charge in [-0.15, -0.1) is 0 Å². The Hall–Kier alpha value is -1.91. The molecule has 1 fully saturated rings. The van der Waals surface area contributed by atoms with Crippen LogP contribution in [0.5, 0.6) is 11.5 Å². The Balaban J connectivity index is 2.04. The van der Waals surface area contributed by atoms with E-state index in [2.05, 4.69) is 10.6 Å². The first-order valence-corrected chi connectivity index (χ1v) is 5.52. The monoisotopic (exact) mass is 236 g/mol. The number of rotatable bonds is 4. The molecular formula is C12H16N2O3. The van der Waals surface area contributed by atoms with Crippen LogP contribution < -0.4 is 20.1 Å². The molecule has 2 rings (SSSR count). The highest BCUT2D eigenvalue weighted by molar-refractivity contribution is 5.90. The maximum absolute atomic E-state index is 11.6. The third-order valence-corrected chi connectivity index (χ3v) is 2.52. The van der Waals surface area contributed by atoms with Gasteiger partial charge in [0.1, 0.15) is 11.5 Å². The summed E-state index contributed by atoms with van der Waals surface area (Å²) < 4.78 is 10.2. The van der Waals surface area contributed by atoms with Crippen LogP contribution >= 0.6 is 0 Å². The molecule has 0 radical (unpaired) electrons. The van der Waals surface area contributed by atoms with Gasteiger partial charge in [0.15, 0.2) is 0 Å². The highest BCUT2D eigenvalue weighted by Gasteiger charge is 2.23. The van der Waals surface area contributed by atoms with E-state index in [-0.39, 0.29) is 6.03 Å². The largest absolute Gasteiger partial charge is 0.497 e. The number of carbonyl (C=O) groups excluding carboxylic acids is 1. The fourth-order valence-corrected chi connectivity index (χ4v) is 1.46. The van der Waals surface area contributed by atoms with E-state index in [1.807, 2.05) is 0 Å². The molecule has 1 aliphatic carbocycles. The molecule has 1 saturated carbocycles. The van der Waals surface area contributed by atoms with Gasteiger partial charge in [0.25, 0.3) is 0 Å². The Morgan fingerprint density at radius 3 is 2.24 bits per heavy atom. The van der Waals surface area contributed by atoms with Crippen molar-refractivity contribution in [1.82, 2.24) is 5.32 Å². The average molecular weight is 236 g/mol. The fourth-order valence-electron chi connectivity index (χ4n) is 1.46. The molecule has 1 aromatic rings. The zero-order chi connectivity index (χ0) is 12.3. The van der Waals surface area contributed by atoms with Gasteiger partial charge in [-0.25, -0.2) is 4.79 Å². The van der Waals surface area contributed by atoms with E-state index in [4.69, 9.17) is 9.47 Å². The molecule has 0 unspecified atom stereocenters. The van der Waals surface area contributed by atoms with E-state index < -0.39 is 0 Å². The second-order valence-corrected chi connectivity index (χ2v) is 3.97. The molecule has 0 atom stereocenters. The molecule has 92 valence electrons. The van der Waals surface area contributed by atoms with E-state index in [0.717, 1.165) is 12.8 Å². The van der Waals surface area contributed by atoms with Crippen molar-refractivity contribution in [1.29, 1.82) is 0 Å². The van der Waals surface area contributed by atoms with Crippen LogP contribution in [0.2, 0.25) is 0 Å². The van der Waals surface area contributed by atoms with Gasteiger partial charge in [-0.3, -0.25) is 0 Å². The standard InChI is InChI=1S/C12H16N2O3/c1-16-10-5-9(6-11(7-10)17-2)14-12(15)13-8-3-4-8/h5-8H,3-4H2,1-2H3,(H2,13,14,15). The lowest BCUT2D eigenvalue weighted by molar-refractivity contribution is 0.251. The second kappa shape index (κ2) is 4.95. The SMILES string of the molecule is COc1cc(NC(=O)NC2CC2)cc(OC)c1. The maximum Gasteiger partial charge on any atom is 0.319 e. The summed E-state index contributed by atoms with van der Waals surface area (Å²) >= 11 is 0. The predicted molar refractivity (Wildman–Crippen MR) is 64.7 cm³/mol. The lowest BCUT2D eigenvalue weighted by Gasteiger charge is -2.10. The maximum atomic E-state index is 11.6. The Morgan fingerprint density at radius 1 is 1.18 bits per heavy atom. The lowest BCUT2D eigenvalue weighted by atomic mass is 10.3. The van der Waals surface area contributed by atoms with Crippen LogP contribution in [0.25, 0.3) is 0 Å². The molecule has 5 heteroatoms. The number of carbonyl (C=O) groups is 1. The number of hydrogen-bond acceptors (Lipinski definition) is 3. The molecule has 2 N–H and O–H groups in total. The minimum absolute atomic E-state index is 0.192. The van der Waals surface area contributed by atoms with Gasteiger partial charge >= 0.3 is 6.03 Å². The zero-order valence-electron chi connectivity index (χ0n) is 9.95. The van der Waals surface area contributed by atoms with Crippen molar-refractivity contribution in [3.63, 3.8) is 0 Å². The summed E-state index contributed by atoms with van der Waals surface area (Å²) in [5.41, 5.74) is 0.652. The molecule has 0 heterocycles. The summed E-state index contributed by atoms with van der Waals surface area (Å²) in [7, 11) is 3.14. The number of methoxy groups -OCH3 is 2. The summed E-state index contributed by atoms with van der Waals surface area (Å²) in [5.74, 6) is 1.29. The molecule has 17 heavy (non-hydrogen) atoms. The molecule has 0 spiro atoms. The summed E-state index contributed by atoms with van der Waals surface area (Å²) in [5, 5.41) is 5.60. The normalized spacial score (nSPS) is 14.0. The average Bonchev–Trinajstić information content (AvgIpc) is 3.12. The highest BCUT2D eigenvalue weighted by Crippen LogP contribution is 2.26. The van der Waals surface area contributed by atoms with Crippen molar-refractivity contribution in [3.05, 3.63) is 18.2 Å². The van der Waals surface area contributed by atoms with Crippen LogP contribution in [0.1, 0.15) is 12.8 Å². The van der Waals surface area contributed by atoms with Crippen molar-refractivity contribution in [3.8, 4) is 11.5 Å². The van der Waals surface area contributed by atoms with Crippen molar-refractivity contribution < 1.29 is 14.3 Å². The number of nitrogens with one attached hydrogen (secondary N) is 2. The van der Waals surface area contributed by atoms with E-state index in [1.165, 1.54) is 0 Å². The first kappa shape index (κ1) is 11.6. The molecule has 0 saturated heterocycles. The smallest absolute Gasteiger partial charge is 0.319 e. The third kappa shape index (κ3) is 3.27. The van der Waals surface area contributed by atoms with Crippen LogP contribution in [0, 0.1) is 0 Å². The fraction of sp³-hybridized carbons (Fsp3) is 0.417. The second-order valence-electron chi connectivity index (χ2n) is 3.97. The Kier molecular flexibility index (Phi) is 3.37. The number of benzene rings is 1. The molecular weight excluding hydrogens is 220 g/mol. The van der Waals surface area contributed by atoms with Crippen molar-refractivity contribution in [2.75, 3.05) is 19.5 Å². The van der Waals surface area contributed by atoms with Gasteiger partial charge in [0.2, 0.25) is 0 Å². The molecule has 0 bridgehead atoms. The highest BCUT2D eigenvalue weighted by atomic mass is 16.5. The van der Waals surface area contributed by atoms with Gasteiger partial charge in [-0.2, -0.15) is 0 Å². The molecule has 2 amide bonds.